The van der Waals surface area contributed by atoms with Crippen LogP contribution in [-0.4, -0.2) is 22.0 Å². The van der Waals surface area contributed by atoms with Crippen LogP contribution in [0.5, 0.6) is 5.75 Å². The number of nitro groups is 1. The van der Waals surface area contributed by atoms with E-state index in [-0.39, 0.29) is 17.3 Å². The number of benzene rings is 2. The highest BCUT2D eigenvalue weighted by Crippen LogP contribution is 2.34. The molecule has 0 saturated carbocycles. The van der Waals surface area contributed by atoms with Crippen LogP contribution >= 0.6 is 0 Å². The average molecular weight is 373 g/mol. The maximum Gasteiger partial charge on any atom is 0.353 e. The summed E-state index contributed by atoms with van der Waals surface area (Å²) >= 11 is 0. The minimum atomic E-state index is -0.786. The first-order valence-corrected chi connectivity index (χ1v) is 7.60. The van der Waals surface area contributed by atoms with E-state index in [1.165, 1.54) is 7.11 Å². The van der Waals surface area contributed by atoms with Gasteiger partial charge in [-0.1, -0.05) is 6.07 Å². The second-order valence-corrected chi connectivity index (χ2v) is 5.28. The molecular formula is C17H13F2N5O3. The molecule has 0 bridgehead atoms. The Morgan fingerprint density at radius 1 is 1.07 bits per heavy atom. The summed E-state index contributed by atoms with van der Waals surface area (Å²) in [6, 6.07) is 9.38. The van der Waals surface area contributed by atoms with Crippen LogP contribution in [0.15, 0.2) is 48.8 Å². The predicted molar refractivity (Wildman–Crippen MR) is 94.6 cm³/mol. The normalized spacial score (nSPS) is 10.3. The van der Waals surface area contributed by atoms with E-state index in [0.29, 0.717) is 11.4 Å². The molecule has 0 aliphatic carbocycles. The fourth-order valence-corrected chi connectivity index (χ4v) is 2.29. The Hall–Kier alpha value is -3.82. The van der Waals surface area contributed by atoms with Crippen molar-refractivity contribution in [2.45, 2.75) is 0 Å². The number of hydrogen-bond donors (Lipinski definition) is 2. The second-order valence-electron chi connectivity index (χ2n) is 5.28. The number of ether oxygens (including phenoxy) is 1. The molecule has 2 N–H and O–H groups in total. The van der Waals surface area contributed by atoms with Gasteiger partial charge in [0.2, 0.25) is 11.6 Å². The van der Waals surface area contributed by atoms with Gasteiger partial charge in [0.05, 0.1) is 17.7 Å². The molecule has 2 aromatic carbocycles. The van der Waals surface area contributed by atoms with E-state index in [1.807, 2.05) is 0 Å². The lowest BCUT2D eigenvalue weighted by atomic mass is 10.2. The van der Waals surface area contributed by atoms with Gasteiger partial charge < -0.3 is 15.4 Å². The Balaban J connectivity index is 1.99. The number of nitrogens with one attached hydrogen (secondary N) is 2. The topological polar surface area (TPSA) is 102 Å². The fourth-order valence-electron chi connectivity index (χ4n) is 2.29. The number of anilines is 4. The first-order valence-electron chi connectivity index (χ1n) is 7.60. The lowest BCUT2D eigenvalue weighted by Gasteiger charge is -2.11. The van der Waals surface area contributed by atoms with Crippen LogP contribution in [0.3, 0.4) is 0 Å². The Morgan fingerprint density at radius 3 is 2.52 bits per heavy atom. The van der Waals surface area contributed by atoms with Gasteiger partial charge in [0.15, 0.2) is 0 Å². The highest BCUT2D eigenvalue weighted by atomic mass is 19.1. The van der Waals surface area contributed by atoms with Crippen molar-refractivity contribution in [1.29, 1.82) is 0 Å². The summed E-state index contributed by atoms with van der Waals surface area (Å²) < 4.78 is 32.3. The van der Waals surface area contributed by atoms with Crippen molar-refractivity contribution in [3.8, 4) is 5.75 Å². The Bertz CT molecular complexity index is 1000. The van der Waals surface area contributed by atoms with Crippen LogP contribution in [0.1, 0.15) is 0 Å². The molecule has 138 valence electrons. The zero-order chi connectivity index (χ0) is 19.4. The first kappa shape index (κ1) is 18.0. The molecule has 8 nitrogen and oxygen atoms in total. The summed E-state index contributed by atoms with van der Waals surface area (Å²) in [6.45, 7) is 0. The number of nitrogens with zero attached hydrogens (tertiary/aromatic N) is 3. The minimum Gasteiger partial charge on any atom is -0.497 e. The molecule has 0 aliphatic heterocycles. The summed E-state index contributed by atoms with van der Waals surface area (Å²) in [5.41, 5.74) is -0.327. The molecule has 0 spiro atoms. The van der Waals surface area contributed by atoms with Crippen molar-refractivity contribution in [1.82, 2.24) is 9.97 Å². The molecule has 3 aromatic rings. The third-order valence-electron chi connectivity index (χ3n) is 3.52. The average Bonchev–Trinajstić information content (AvgIpc) is 2.65. The molecular weight excluding hydrogens is 360 g/mol. The monoisotopic (exact) mass is 373 g/mol. The zero-order valence-corrected chi connectivity index (χ0v) is 13.9. The minimum absolute atomic E-state index is 0.123. The van der Waals surface area contributed by atoms with Gasteiger partial charge in [-0.3, -0.25) is 10.1 Å². The molecule has 0 fully saturated rings. The fraction of sp³-hybridized carbons (Fsp3) is 0.0588. The van der Waals surface area contributed by atoms with E-state index in [2.05, 4.69) is 20.6 Å². The maximum atomic E-state index is 13.8. The van der Waals surface area contributed by atoms with Gasteiger partial charge in [0.25, 0.3) is 0 Å². The van der Waals surface area contributed by atoms with Gasteiger partial charge in [-0.05, 0) is 24.3 Å². The molecule has 27 heavy (non-hydrogen) atoms. The van der Waals surface area contributed by atoms with Crippen LogP contribution < -0.4 is 15.4 Å². The molecule has 0 saturated heterocycles. The molecule has 1 aromatic heterocycles. The van der Waals surface area contributed by atoms with Crippen LogP contribution in [0.4, 0.5) is 37.5 Å². The molecule has 0 radical (unpaired) electrons. The van der Waals surface area contributed by atoms with Crippen LogP contribution in [0.2, 0.25) is 0 Å². The van der Waals surface area contributed by atoms with Crippen molar-refractivity contribution < 1.29 is 18.4 Å². The maximum absolute atomic E-state index is 13.8. The van der Waals surface area contributed by atoms with Crippen molar-refractivity contribution in [2.75, 3.05) is 17.7 Å². The van der Waals surface area contributed by atoms with Crippen LogP contribution in [-0.2, 0) is 0 Å². The van der Waals surface area contributed by atoms with E-state index in [1.54, 1.807) is 24.3 Å². The SMILES string of the molecule is COc1cccc(Nc2ncnc(Nc3cc(F)ccc3F)c2[N+](=O)[O-])c1. The van der Waals surface area contributed by atoms with Gasteiger partial charge in [0.1, 0.15) is 23.7 Å². The summed E-state index contributed by atoms with van der Waals surface area (Å²) in [5.74, 6) is -1.36. The standard InChI is InChI=1S/C17H13F2N5O3/c1-27-12-4-2-3-11(8-12)22-16-15(24(25)26)17(21-9-20-16)23-14-7-10(18)5-6-13(14)19/h2-9H,1H3,(H2,20,21,22,23). The second kappa shape index (κ2) is 7.60. The third kappa shape index (κ3) is 4.06. The van der Waals surface area contributed by atoms with Crippen molar-refractivity contribution in [2.24, 2.45) is 0 Å². The van der Waals surface area contributed by atoms with Gasteiger partial charge in [0, 0.05) is 17.8 Å². The van der Waals surface area contributed by atoms with Gasteiger partial charge in [-0.2, -0.15) is 0 Å². The van der Waals surface area contributed by atoms with Crippen molar-refractivity contribution in [3.63, 3.8) is 0 Å². The number of methoxy groups -OCH3 is 1. The highest BCUT2D eigenvalue weighted by molar-refractivity contribution is 5.77. The van der Waals surface area contributed by atoms with E-state index < -0.39 is 22.2 Å². The molecule has 0 amide bonds. The summed E-state index contributed by atoms with van der Waals surface area (Å²) in [7, 11) is 1.49. The number of hydrogen-bond acceptors (Lipinski definition) is 7. The van der Waals surface area contributed by atoms with Crippen molar-refractivity contribution in [3.05, 3.63) is 70.5 Å². The van der Waals surface area contributed by atoms with Crippen molar-refractivity contribution >= 4 is 28.7 Å². The Morgan fingerprint density at radius 2 is 1.81 bits per heavy atom. The largest absolute Gasteiger partial charge is 0.497 e. The molecule has 10 heteroatoms. The molecule has 3 rings (SSSR count). The van der Waals surface area contributed by atoms with Crippen LogP contribution in [0.25, 0.3) is 0 Å². The molecule has 0 aliphatic rings. The Labute approximate surface area is 152 Å². The number of aromatic nitrogens is 2. The van der Waals surface area contributed by atoms with E-state index in [4.69, 9.17) is 4.74 Å². The quantitative estimate of drug-likeness (QED) is 0.494. The summed E-state index contributed by atoms with van der Waals surface area (Å²) in [5, 5.41) is 16.8. The molecule has 0 atom stereocenters. The summed E-state index contributed by atoms with van der Waals surface area (Å²) in [6.07, 6.45) is 1.06. The number of rotatable bonds is 6. The third-order valence-corrected chi connectivity index (χ3v) is 3.52. The highest BCUT2D eigenvalue weighted by Gasteiger charge is 2.24. The molecule has 1 heterocycles. The lowest BCUT2D eigenvalue weighted by Crippen LogP contribution is -2.06. The van der Waals surface area contributed by atoms with Gasteiger partial charge in [-0.25, -0.2) is 18.7 Å². The van der Waals surface area contributed by atoms with E-state index in [9.17, 15) is 18.9 Å². The van der Waals surface area contributed by atoms with E-state index in [0.717, 1.165) is 24.5 Å². The first-order chi connectivity index (χ1) is 13.0. The molecule has 0 unspecified atom stereocenters. The summed E-state index contributed by atoms with van der Waals surface area (Å²) in [4.78, 5) is 18.5. The smallest absolute Gasteiger partial charge is 0.353 e. The van der Waals surface area contributed by atoms with E-state index >= 15 is 0 Å². The zero-order valence-electron chi connectivity index (χ0n) is 13.9. The predicted octanol–water partition coefficient (Wildman–Crippen LogP) is 4.16. The lowest BCUT2D eigenvalue weighted by molar-refractivity contribution is -0.383. The Kier molecular flexibility index (Phi) is 5.06. The van der Waals surface area contributed by atoms with Crippen LogP contribution in [0, 0.1) is 21.7 Å². The van der Waals surface area contributed by atoms with Gasteiger partial charge in [-0.15, -0.1) is 0 Å². The van der Waals surface area contributed by atoms with Gasteiger partial charge >= 0.3 is 5.69 Å². The number of halogens is 2.